The van der Waals surface area contributed by atoms with E-state index in [1.807, 2.05) is 103 Å². The quantitative estimate of drug-likeness (QED) is 0.179. The van der Waals surface area contributed by atoms with E-state index < -0.39 is 0 Å². The summed E-state index contributed by atoms with van der Waals surface area (Å²) in [6, 6.07) is 59.2. The van der Waals surface area contributed by atoms with Crippen molar-refractivity contribution in [3.8, 4) is 73.6 Å². The summed E-state index contributed by atoms with van der Waals surface area (Å²) in [7, 11) is 0. The number of fused-ring (bicyclic) bond motifs is 3. The molecule has 0 amide bonds. The molecule has 0 saturated carbocycles. The Morgan fingerprint density at radius 2 is 0.941 bits per heavy atom. The monoisotopic (exact) mass is 652 g/mol. The van der Waals surface area contributed by atoms with Gasteiger partial charge >= 0.3 is 0 Å². The highest BCUT2D eigenvalue weighted by Gasteiger charge is 2.22. The molecule has 9 rings (SSSR count). The van der Waals surface area contributed by atoms with Gasteiger partial charge < -0.3 is 4.42 Å². The van der Waals surface area contributed by atoms with Gasteiger partial charge in [0.2, 0.25) is 0 Å². The van der Waals surface area contributed by atoms with Gasteiger partial charge in [0.25, 0.3) is 0 Å². The summed E-state index contributed by atoms with van der Waals surface area (Å²) < 4.78 is 6.77. The fourth-order valence-corrected chi connectivity index (χ4v) is 6.72. The molecule has 0 N–H and O–H groups in total. The SMILES string of the molecule is N#Cc1ccc(-c2ccc(-c3nc(-c4ccccc4)nc(-c4ccc5c(oc6cccc(-c7ccccc7)c65)c4-c4ccccc4)n3)cc2)cc1. The van der Waals surface area contributed by atoms with E-state index in [0.29, 0.717) is 23.0 Å². The lowest BCUT2D eigenvalue weighted by Gasteiger charge is -2.13. The fraction of sp³-hybridized carbons (Fsp3) is 0. The Kier molecular flexibility index (Phi) is 7.46. The van der Waals surface area contributed by atoms with Crippen LogP contribution < -0.4 is 0 Å². The van der Waals surface area contributed by atoms with Crippen LogP contribution in [0.15, 0.2) is 174 Å². The highest BCUT2D eigenvalue weighted by atomic mass is 16.3. The summed E-state index contributed by atoms with van der Waals surface area (Å²) in [5.41, 5.74) is 11.1. The Morgan fingerprint density at radius 3 is 1.57 bits per heavy atom. The highest BCUT2D eigenvalue weighted by molar-refractivity contribution is 6.17. The van der Waals surface area contributed by atoms with Gasteiger partial charge in [0.05, 0.1) is 11.6 Å². The van der Waals surface area contributed by atoms with Crippen LogP contribution in [-0.4, -0.2) is 15.0 Å². The third kappa shape index (κ3) is 5.51. The summed E-state index contributed by atoms with van der Waals surface area (Å²) in [5.74, 6) is 1.71. The zero-order chi connectivity index (χ0) is 34.1. The second-order valence-corrected chi connectivity index (χ2v) is 12.3. The van der Waals surface area contributed by atoms with E-state index in [4.69, 9.17) is 19.4 Å². The molecule has 5 heteroatoms. The predicted molar refractivity (Wildman–Crippen MR) is 204 cm³/mol. The van der Waals surface area contributed by atoms with Crippen LogP contribution in [0.3, 0.4) is 0 Å². The summed E-state index contributed by atoms with van der Waals surface area (Å²) in [4.78, 5) is 15.2. The predicted octanol–water partition coefficient (Wildman–Crippen LogP) is 11.6. The topological polar surface area (TPSA) is 75.6 Å². The number of rotatable bonds is 6. The van der Waals surface area contributed by atoms with Gasteiger partial charge in [-0.05, 0) is 58.1 Å². The van der Waals surface area contributed by atoms with Crippen molar-refractivity contribution in [2.45, 2.75) is 0 Å². The van der Waals surface area contributed by atoms with Crippen molar-refractivity contribution in [1.82, 2.24) is 15.0 Å². The highest BCUT2D eigenvalue weighted by Crippen LogP contribution is 2.44. The minimum Gasteiger partial charge on any atom is -0.455 e. The van der Waals surface area contributed by atoms with Crippen molar-refractivity contribution in [3.05, 3.63) is 175 Å². The first-order valence-corrected chi connectivity index (χ1v) is 16.8. The van der Waals surface area contributed by atoms with Crippen molar-refractivity contribution in [2.24, 2.45) is 0 Å². The molecule has 238 valence electrons. The van der Waals surface area contributed by atoms with Gasteiger partial charge in [0, 0.05) is 33.0 Å². The van der Waals surface area contributed by atoms with Crippen LogP contribution in [0.5, 0.6) is 0 Å². The summed E-state index contributed by atoms with van der Waals surface area (Å²) in [6.07, 6.45) is 0. The van der Waals surface area contributed by atoms with Gasteiger partial charge in [-0.2, -0.15) is 5.26 Å². The Balaban J connectivity index is 1.26. The van der Waals surface area contributed by atoms with Crippen molar-refractivity contribution in [3.63, 3.8) is 0 Å². The normalized spacial score (nSPS) is 11.1. The molecular formula is C46H28N4O. The van der Waals surface area contributed by atoms with Gasteiger partial charge in [-0.1, -0.05) is 140 Å². The van der Waals surface area contributed by atoms with E-state index >= 15 is 0 Å². The second kappa shape index (κ2) is 12.7. The molecule has 7 aromatic carbocycles. The Morgan fingerprint density at radius 1 is 0.412 bits per heavy atom. The molecule has 0 aliphatic carbocycles. The number of nitriles is 1. The van der Waals surface area contributed by atoms with Crippen LogP contribution in [0.25, 0.3) is 89.5 Å². The number of hydrogen-bond acceptors (Lipinski definition) is 5. The van der Waals surface area contributed by atoms with Gasteiger partial charge in [0.15, 0.2) is 17.5 Å². The van der Waals surface area contributed by atoms with Gasteiger partial charge in [-0.3, -0.25) is 0 Å². The molecule has 2 heterocycles. The van der Waals surface area contributed by atoms with Crippen LogP contribution in [0.4, 0.5) is 0 Å². The van der Waals surface area contributed by atoms with Crippen LogP contribution >= 0.6 is 0 Å². The molecule has 0 unspecified atom stereocenters. The smallest absolute Gasteiger partial charge is 0.164 e. The van der Waals surface area contributed by atoms with E-state index in [1.54, 1.807) is 0 Å². The second-order valence-electron chi connectivity index (χ2n) is 12.3. The lowest BCUT2D eigenvalue weighted by molar-refractivity contribution is 0.670. The van der Waals surface area contributed by atoms with E-state index in [9.17, 15) is 5.26 Å². The molecule has 0 saturated heterocycles. The maximum absolute atomic E-state index is 9.22. The fourth-order valence-electron chi connectivity index (χ4n) is 6.72. The Bertz CT molecular complexity index is 2710. The number of benzene rings is 7. The van der Waals surface area contributed by atoms with Crippen LogP contribution in [0.1, 0.15) is 5.56 Å². The van der Waals surface area contributed by atoms with Gasteiger partial charge in [0.1, 0.15) is 11.2 Å². The molecule has 5 nitrogen and oxygen atoms in total. The maximum atomic E-state index is 9.22. The van der Waals surface area contributed by atoms with Crippen molar-refractivity contribution in [1.29, 1.82) is 5.26 Å². The Hall–Kier alpha value is -7.16. The summed E-state index contributed by atoms with van der Waals surface area (Å²) in [6.45, 7) is 0. The van der Waals surface area contributed by atoms with E-state index in [1.165, 1.54) is 0 Å². The first kappa shape index (κ1) is 29.9. The molecule has 0 spiro atoms. The number of furan rings is 1. The maximum Gasteiger partial charge on any atom is 0.164 e. The van der Waals surface area contributed by atoms with Crippen molar-refractivity contribution < 1.29 is 4.42 Å². The molecule has 0 fully saturated rings. The average Bonchev–Trinajstić information content (AvgIpc) is 3.60. The minimum absolute atomic E-state index is 0.555. The molecule has 0 atom stereocenters. The zero-order valence-corrected chi connectivity index (χ0v) is 27.4. The average molecular weight is 653 g/mol. The largest absolute Gasteiger partial charge is 0.455 e. The molecule has 0 radical (unpaired) electrons. The number of hydrogen-bond donors (Lipinski definition) is 0. The van der Waals surface area contributed by atoms with Crippen LogP contribution in [0.2, 0.25) is 0 Å². The van der Waals surface area contributed by atoms with Crippen LogP contribution in [-0.2, 0) is 0 Å². The third-order valence-corrected chi connectivity index (χ3v) is 9.21. The van der Waals surface area contributed by atoms with Crippen LogP contribution in [0, 0.1) is 11.3 Å². The molecule has 2 aromatic heterocycles. The van der Waals surface area contributed by atoms with E-state index in [0.717, 1.165) is 72.0 Å². The van der Waals surface area contributed by atoms with Gasteiger partial charge in [-0.15, -0.1) is 0 Å². The first-order valence-electron chi connectivity index (χ1n) is 16.8. The summed E-state index contributed by atoms with van der Waals surface area (Å²) >= 11 is 0. The number of nitrogens with zero attached hydrogens (tertiary/aromatic N) is 4. The van der Waals surface area contributed by atoms with E-state index in [-0.39, 0.29) is 0 Å². The first-order chi connectivity index (χ1) is 25.2. The minimum atomic E-state index is 0.555. The molecule has 0 aliphatic heterocycles. The Labute approximate surface area is 294 Å². The third-order valence-electron chi connectivity index (χ3n) is 9.21. The molecule has 0 bridgehead atoms. The molecule has 0 aliphatic rings. The molecule has 51 heavy (non-hydrogen) atoms. The lowest BCUT2D eigenvalue weighted by atomic mass is 9.94. The van der Waals surface area contributed by atoms with Gasteiger partial charge in [-0.25, -0.2) is 15.0 Å². The standard InChI is InChI=1S/C46H28N4O/c47-29-30-19-21-31(22-20-30)32-23-25-36(26-24-32)45-48-44(35-15-8-3-9-16-35)49-46(50-45)39-28-27-38-42-37(33-11-4-1-5-12-33)17-10-18-40(42)51-43(38)41(39)34-13-6-2-7-14-34/h1-28H. The molecular weight excluding hydrogens is 625 g/mol. The molecule has 9 aromatic rings. The lowest BCUT2D eigenvalue weighted by Crippen LogP contribution is -2.01. The van der Waals surface area contributed by atoms with Crippen molar-refractivity contribution in [2.75, 3.05) is 0 Å². The van der Waals surface area contributed by atoms with E-state index in [2.05, 4.69) is 72.8 Å². The van der Waals surface area contributed by atoms with Crippen molar-refractivity contribution >= 4 is 21.9 Å². The number of aromatic nitrogens is 3. The zero-order valence-electron chi connectivity index (χ0n) is 27.4. The summed E-state index contributed by atoms with van der Waals surface area (Å²) in [5, 5.41) is 11.3.